The quantitative estimate of drug-likeness (QED) is 0.317. The van der Waals surface area contributed by atoms with Crippen LogP contribution in [0, 0.1) is 0 Å². The van der Waals surface area contributed by atoms with Gasteiger partial charge < -0.3 is 14.5 Å². The Morgan fingerprint density at radius 3 is 2.68 bits per heavy atom. The Balaban J connectivity index is 1.39. The van der Waals surface area contributed by atoms with E-state index in [1.54, 1.807) is 18.2 Å². The van der Waals surface area contributed by atoms with E-state index in [1.165, 1.54) is 5.56 Å². The maximum absolute atomic E-state index is 12.3. The highest BCUT2D eigenvalue weighted by Gasteiger charge is 2.11. The molecule has 1 heterocycles. The van der Waals surface area contributed by atoms with E-state index in [1.807, 2.05) is 48.5 Å². The molecule has 0 fully saturated rings. The van der Waals surface area contributed by atoms with Crippen LogP contribution < -0.4 is 10.1 Å². The Bertz CT molecular complexity index is 1200. The Labute approximate surface area is 189 Å². The summed E-state index contributed by atoms with van der Waals surface area (Å²) in [5.41, 5.74) is 4.12. The average molecular weight is 479 g/mol. The normalized spacial score (nSPS) is 12.0. The van der Waals surface area contributed by atoms with E-state index in [2.05, 4.69) is 40.1 Å². The zero-order chi connectivity index (χ0) is 21.8. The molecule has 0 saturated heterocycles. The molecule has 5 nitrogen and oxygen atoms in total. The van der Waals surface area contributed by atoms with Crippen molar-refractivity contribution in [1.29, 1.82) is 0 Å². The molecule has 4 aromatic rings. The zero-order valence-corrected chi connectivity index (χ0v) is 19.0. The molecule has 0 radical (unpaired) electrons. The van der Waals surface area contributed by atoms with Crippen molar-refractivity contribution in [2.75, 3.05) is 11.9 Å². The van der Waals surface area contributed by atoms with Gasteiger partial charge in [0, 0.05) is 15.7 Å². The van der Waals surface area contributed by atoms with Crippen LogP contribution in [0.15, 0.2) is 75.6 Å². The molecule has 6 heteroatoms. The van der Waals surface area contributed by atoms with Crippen molar-refractivity contribution in [3.05, 3.63) is 76.8 Å². The fourth-order valence-corrected chi connectivity index (χ4v) is 3.62. The van der Waals surface area contributed by atoms with Gasteiger partial charge in [-0.05, 0) is 66.4 Å². The first-order valence-corrected chi connectivity index (χ1v) is 11.0. The molecule has 3 aromatic carbocycles. The van der Waals surface area contributed by atoms with E-state index in [0.29, 0.717) is 34.3 Å². The smallest absolute Gasteiger partial charge is 0.262 e. The maximum Gasteiger partial charge on any atom is 0.262 e. The summed E-state index contributed by atoms with van der Waals surface area (Å²) in [6, 6.07) is 21.0. The number of carbonyl (C=O) groups is 1. The molecule has 0 spiro atoms. The largest absolute Gasteiger partial charge is 0.484 e. The number of carbonyl (C=O) groups excluding carboxylic acids is 1. The molecular formula is C25H23BrN2O3. The molecule has 0 aliphatic carbocycles. The predicted molar refractivity (Wildman–Crippen MR) is 126 cm³/mol. The first-order chi connectivity index (χ1) is 15.0. The van der Waals surface area contributed by atoms with Gasteiger partial charge in [-0.25, -0.2) is 4.98 Å². The van der Waals surface area contributed by atoms with E-state index in [-0.39, 0.29) is 12.5 Å². The third-order valence-electron chi connectivity index (χ3n) is 5.17. The van der Waals surface area contributed by atoms with Crippen LogP contribution in [0.25, 0.3) is 22.6 Å². The summed E-state index contributed by atoms with van der Waals surface area (Å²) in [6.07, 6.45) is 1.09. The van der Waals surface area contributed by atoms with Gasteiger partial charge in [0.1, 0.15) is 11.3 Å². The molecule has 0 aliphatic rings. The molecule has 1 N–H and O–H groups in total. The summed E-state index contributed by atoms with van der Waals surface area (Å²) in [5.74, 6) is 1.48. The van der Waals surface area contributed by atoms with Crippen LogP contribution in [0.4, 0.5) is 5.69 Å². The van der Waals surface area contributed by atoms with E-state index in [4.69, 9.17) is 9.15 Å². The van der Waals surface area contributed by atoms with Crippen molar-refractivity contribution in [3.8, 4) is 17.2 Å². The van der Waals surface area contributed by atoms with Gasteiger partial charge in [-0.3, -0.25) is 4.79 Å². The number of aromatic nitrogens is 1. The van der Waals surface area contributed by atoms with Crippen LogP contribution in [0.2, 0.25) is 0 Å². The lowest BCUT2D eigenvalue weighted by Crippen LogP contribution is -2.20. The van der Waals surface area contributed by atoms with Gasteiger partial charge in [-0.15, -0.1) is 0 Å². The van der Waals surface area contributed by atoms with E-state index in [0.717, 1.165) is 16.5 Å². The maximum atomic E-state index is 12.3. The molecule has 0 unspecified atom stereocenters. The number of ether oxygens (including phenoxy) is 1. The standard InChI is InChI=1S/C25H23BrN2O3/c1-3-16(2)17-7-10-21(11-8-17)30-15-24(29)27-20-9-12-23-22(14-20)28-25(31-23)18-5-4-6-19(26)13-18/h4-14,16H,3,15H2,1-2H3,(H,27,29)/t16-/m1/s1. The number of nitrogens with zero attached hydrogens (tertiary/aromatic N) is 1. The molecule has 0 aliphatic heterocycles. The second-order valence-corrected chi connectivity index (χ2v) is 8.34. The molecule has 0 bridgehead atoms. The van der Waals surface area contributed by atoms with Crippen molar-refractivity contribution in [1.82, 2.24) is 4.98 Å². The lowest BCUT2D eigenvalue weighted by Gasteiger charge is -2.11. The monoisotopic (exact) mass is 478 g/mol. The van der Waals surface area contributed by atoms with E-state index < -0.39 is 0 Å². The van der Waals surface area contributed by atoms with Crippen molar-refractivity contribution in [2.45, 2.75) is 26.2 Å². The van der Waals surface area contributed by atoms with Crippen molar-refractivity contribution in [3.63, 3.8) is 0 Å². The Morgan fingerprint density at radius 2 is 1.94 bits per heavy atom. The molecule has 1 amide bonds. The van der Waals surface area contributed by atoms with Crippen LogP contribution in [0.1, 0.15) is 31.7 Å². The van der Waals surface area contributed by atoms with Crippen LogP contribution in [-0.4, -0.2) is 17.5 Å². The Morgan fingerprint density at radius 1 is 1.13 bits per heavy atom. The number of anilines is 1. The fourth-order valence-electron chi connectivity index (χ4n) is 3.22. The van der Waals surface area contributed by atoms with Crippen LogP contribution >= 0.6 is 15.9 Å². The fraction of sp³-hybridized carbons (Fsp3) is 0.200. The first-order valence-electron chi connectivity index (χ1n) is 10.2. The summed E-state index contributed by atoms with van der Waals surface area (Å²) in [5, 5.41) is 2.85. The molecule has 1 atom stereocenters. The topological polar surface area (TPSA) is 64.4 Å². The van der Waals surface area contributed by atoms with Crippen molar-refractivity contribution >= 4 is 38.6 Å². The highest BCUT2D eigenvalue weighted by Crippen LogP contribution is 2.28. The highest BCUT2D eigenvalue weighted by molar-refractivity contribution is 9.10. The second-order valence-electron chi connectivity index (χ2n) is 7.43. The van der Waals surface area contributed by atoms with E-state index >= 15 is 0 Å². The molecule has 31 heavy (non-hydrogen) atoms. The third-order valence-corrected chi connectivity index (χ3v) is 5.67. The molecule has 4 rings (SSSR count). The van der Waals surface area contributed by atoms with Crippen LogP contribution in [0.3, 0.4) is 0 Å². The van der Waals surface area contributed by atoms with Gasteiger partial charge >= 0.3 is 0 Å². The summed E-state index contributed by atoms with van der Waals surface area (Å²) >= 11 is 3.46. The lowest BCUT2D eigenvalue weighted by molar-refractivity contribution is -0.118. The van der Waals surface area contributed by atoms with Gasteiger partial charge in [-0.2, -0.15) is 0 Å². The minimum Gasteiger partial charge on any atom is -0.484 e. The lowest BCUT2D eigenvalue weighted by atomic mass is 9.99. The predicted octanol–water partition coefficient (Wildman–Crippen LogP) is 6.79. The van der Waals surface area contributed by atoms with Gasteiger partial charge in [-0.1, -0.05) is 48.0 Å². The summed E-state index contributed by atoms with van der Waals surface area (Å²) in [4.78, 5) is 16.9. The first kappa shape index (κ1) is 21.1. The average Bonchev–Trinajstić information content (AvgIpc) is 3.21. The van der Waals surface area contributed by atoms with Crippen LogP contribution in [-0.2, 0) is 4.79 Å². The van der Waals surface area contributed by atoms with Gasteiger partial charge in [0.25, 0.3) is 5.91 Å². The summed E-state index contributed by atoms with van der Waals surface area (Å²) in [6.45, 7) is 4.29. The number of oxazole rings is 1. The highest BCUT2D eigenvalue weighted by atomic mass is 79.9. The molecule has 158 valence electrons. The minimum atomic E-state index is -0.235. The molecular weight excluding hydrogens is 456 g/mol. The number of benzene rings is 3. The van der Waals surface area contributed by atoms with Crippen molar-refractivity contribution in [2.24, 2.45) is 0 Å². The second kappa shape index (κ2) is 9.35. The number of hydrogen-bond donors (Lipinski definition) is 1. The number of amides is 1. The number of rotatable bonds is 7. The molecule has 0 saturated carbocycles. The summed E-state index contributed by atoms with van der Waals surface area (Å²) < 4.78 is 12.4. The van der Waals surface area contributed by atoms with Gasteiger partial charge in [0.15, 0.2) is 12.2 Å². The number of nitrogens with one attached hydrogen (secondary N) is 1. The number of halogens is 1. The summed E-state index contributed by atoms with van der Waals surface area (Å²) in [7, 11) is 0. The number of hydrogen-bond acceptors (Lipinski definition) is 4. The zero-order valence-electron chi connectivity index (χ0n) is 17.4. The van der Waals surface area contributed by atoms with Crippen LogP contribution in [0.5, 0.6) is 5.75 Å². The Kier molecular flexibility index (Phi) is 6.37. The molecule has 1 aromatic heterocycles. The van der Waals surface area contributed by atoms with Gasteiger partial charge in [0.2, 0.25) is 5.89 Å². The minimum absolute atomic E-state index is 0.0666. The van der Waals surface area contributed by atoms with Gasteiger partial charge in [0.05, 0.1) is 0 Å². The van der Waals surface area contributed by atoms with E-state index in [9.17, 15) is 4.79 Å². The number of fused-ring (bicyclic) bond motifs is 1. The van der Waals surface area contributed by atoms with Crippen molar-refractivity contribution < 1.29 is 13.9 Å². The SMILES string of the molecule is CC[C@@H](C)c1ccc(OCC(=O)Nc2ccc3oc(-c4cccc(Br)c4)nc3c2)cc1. The third kappa shape index (κ3) is 5.14. The Hall–Kier alpha value is -3.12.